The number of unbranched alkanes of at least 4 members (excludes halogenated alkanes) is 1. The van der Waals surface area contributed by atoms with E-state index in [2.05, 4.69) is 4.98 Å². The first kappa shape index (κ1) is 16.0. The molecule has 6 heteroatoms. The lowest BCUT2D eigenvalue weighted by Crippen LogP contribution is -2.28. The first-order chi connectivity index (χ1) is 10.1. The van der Waals surface area contributed by atoms with E-state index in [1.54, 1.807) is 7.05 Å². The van der Waals surface area contributed by atoms with Gasteiger partial charge in [0.25, 0.3) is 10.8 Å². The highest BCUT2D eigenvalue weighted by Gasteiger charge is 2.26. The Morgan fingerprint density at radius 3 is 2.67 bits per heavy atom. The minimum atomic E-state index is -0.738. The third-order valence-corrected chi connectivity index (χ3v) is 4.11. The molecule has 1 aliphatic rings. The Hall–Kier alpha value is -1.36. The Bertz CT molecular complexity index is 577. The number of carbonyl (C=O) groups excluding carboxylic acids is 1. The normalized spacial score (nSPS) is 15.4. The van der Waals surface area contributed by atoms with Gasteiger partial charge in [-0.3, -0.25) is 14.2 Å². The van der Waals surface area contributed by atoms with Crippen LogP contribution in [0.4, 0.5) is 0 Å². The van der Waals surface area contributed by atoms with Crippen molar-refractivity contribution in [1.82, 2.24) is 9.55 Å². The van der Waals surface area contributed by atoms with E-state index in [-0.39, 0.29) is 22.9 Å². The fourth-order valence-corrected chi connectivity index (χ4v) is 2.86. The monoisotopic (exact) mass is 312 g/mol. The van der Waals surface area contributed by atoms with Crippen molar-refractivity contribution in [3.8, 4) is 5.75 Å². The minimum Gasteiger partial charge on any atom is -0.486 e. The molecule has 0 unspecified atom stereocenters. The fourth-order valence-electron chi connectivity index (χ4n) is 2.73. The van der Waals surface area contributed by atoms with Gasteiger partial charge in [0.2, 0.25) is 5.75 Å². The highest BCUT2D eigenvalue weighted by molar-refractivity contribution is 6.67. The summed E-state index contributed by atoms with van der Waals surface area (Å²) >= 11 is 5.59. The van der Waals surface area contributed by atoms with E-state index in [4.69, 9.17) is 16.3 Å². The van der Waals surface area contributed by atoms with Crippen molar-refractivity contribution in [3.05, 3.63) is 21.9 Å². The van der Waals surface area contributed by atoms with E-state index in [0.717, 1.165) is 38.5 Å². The first-order valence-corrected chi connectivity index (χ1v) is 7.87. The van der Waals surface area contributed by atoms with Gasteiger partial charge in [0.05, 0.1) is 6.61 Å². The van der Waals surface area contributed by atoms with Crippen molar-refractivity contribution in [2.45, 2.75) is 51.4 Å². The van der Waals surface area contributed by atoms with Crippen LogP contribution < -0.4 is 10.3 Å². The van der Waals surface area contributed by atoms with Gasteiger partial charge in [0, 0.05) is 13.0 Å². The van der Waals surface area contributed by atoms with E-state index in [1.165, 1.54) is 4.57 Å². The van der Waals surface area contributed by atoms with E-state index >= 15 is 0 Å². The second-order valence-electron chi connectivity index (χ2n) is 5.47. The summed E-state index contributed by atoms with van der Waals surface area (Å²) in [4.78, 5) is 28.4. The molecule has 0 aliphatic heterocycles. The van der Waals surface area contributed by atoms with Crippen LogP contribution in [-0.2, 0) is 7.05 Å². The summed E-state index contributed by atoms with van der Waals surface area (Å²) in [6.45, 7) is 2.41. The quantitative estimate of drug-likeness (QED) is 0.598. The third-order valence-electron chi connectivity index (χ3n) is 3.93. The highest BCUT2D eigenvalue weighted by atomic mass is 35.5. The maximum absolute atomic E-state index is 12.5. The Kier molecular flexibility index (Phi) is 5.39. The van der Waals surface area contributed by atoms with Gasteiger partial charge in [0.1, 0.15) is 5.82 Å². The van der Waals surface area contributed by atoms with Crippen LogP contribution in [0.2, 0.25) is 0 Å². The molecule has 1 fully saturated rings. The molecule has 21 heavy (non-hydrogen) atoms. The van der Waals surface area contributed by atoms with Gasteiger partial charge < -0.3 is 4.74 Å². The summed E-state index contributed by atoms with van der Waals surface area (Å²) in [7, 11) is 1.68. The number of carbonyl (C=O) groups is 1. The maximum atomic E-state index is 12.5. The topological polar surface area (TPSA) is 61.2 Å². The van der Waals surface area contributed by atoms with Crippen LogP contribution in [0, 0.1) is 0 Å². The van der Waals surface area contributed by atoms with Crippen molar-refractivity contribution < 1.29 is 9.53 Å². The molecule has 1 saturated carbocycles. The van der Waals surface area contributed by atoms with Gasteiger partial charge in [-0.2, -0.15) is 0 Å². The second-order valence-corrected chi connectivity index (χ2v) is 5.81. The molecule has 1 aromatic heterocycles. The van der Waals surface area contributed by atoms with Gasteiger partial charge in [-0.25, -0.2) is 4.98 Å². The molecule has 0 amide bonds. The molecule has 0 aromatic carbocycles. The number of hydrogen-bond donors (Lipinski definition) is 0. The SMILES string of the molecule is CCCCOc1c(C(=O)Cl)nc(C2CCCC2)n(C)c1=O. The molecular weight excluding hydrogens is 292 g/mol. The zero-order valence-electron chi connectivity index (χ0n) is 12.5. The average Bonchev–Trinajstić information content (AvgIpc) is 2.97. The Labute approximate surface area is 129 Å². The standard InChI is InChI=1S/C15H21ClN2O3/c1-3-4-9-21-12-11(13(16)19)17-14(18(2)15(12)20)10-7-5-6-8-10/h10H,3-9H2,1-2H3. The molecule has 5 nitrogen and oxygen atoms in total. The Balaban J connectivity index is 2.43. The van der Waals surface area contributed by atoms with Crippen molar-refractivity contribution in [1.29, 1.82) is 0 Å². The molecule has 0 bridgehead atoms. The number of rotatable bonds is 6. The van der Waals surface area contributed by atoms with Crippen LogP contribution in [-0.4, -0.2) is 21.4 Å². The molecule has 1 heterocycles. The zero-order valence-corrected chi connectivity index (χ0v) is 13.3. The third kappa shape index (κ3) is 3.46. The predicted molar refractivity (Wildman–Crippen MR) is 81.3 cm³/mol. The van der Waals surface area contributed by atoms with Crippen molar-refractivity contribution in [2.75, 3.05) is 6.61 Å². The summed E-state index contributed by atoms with van der Waals surface area (Å²) in [6, 6.07) is 0. The molecule has 0 spiro atoms. The van der Waals surface area contributed by atoms with Gasteiger partial charge >= 0.3 is 0 Å². The van der Waals surface area contributed by atoms with Gasteiger partial charge in [-0.15, -0.1) is 0 Å². The smallest absolute Gasteiger partial charge is 0.296 e. The lowest BCUT2D eigenvalue weighted by Gasteiger charge is -2.16. The zero-order chi connectivity index (χ0) is 15.4. The molecule has 116 valence electrons. The van der Waals surface area contributed by atoms with E-state index in [0.29, 0.717) is 12.4 Å². The maximum Gasteiger partial charge on any atom is 0.296 e. The summed E-state index contributed by atoms with van der Waals surface area (Å²) in [5.41, 5.74) is -0.371. The average molecular weight is 313 g/mol. The summed E-state index contributed by atoms with van der Waals surface area (Å²) < 4.78 is 6.97. The number of hydrogen-bond acceptors (Lipinski definition) is 4. The number of aromatic nitrogens is 2. The molecule has 0 atom stereocenters. The van der Waals surface area contributed by atoms with Gasteiger partial charge in [-0.05, 0) is 30.9 Å². The summed E-state index contributed by atoms with van der Waals surface area (Å²) in [5.74, 6) is 0.846. The lowest BCUT2D eigenvalue weighted by atomic mass is 10.1. The summed E-state index contributed by atoms with van der Waals surface area (Å²) in [6.07, 6.45) is 5.98. The summed E-state index contributed by atoms with van der Waals surface area (Å²) in [5, 5.41) is -0.738. The first-order valence-electron chi connectivity index (χ1n) is 7.49. The minimum absolute atomic E-state index is 0.0207. The van der Waals surface area contributed by atoms with Crippen LogP contribution >= 0.6 is 11.6 Å². The van der Waals surface area contributed by atoms with E-state index in [9.17, 15) is 9.59 Å². The highest BCUT2D eigenvalue weighted by Crippen LogP contribution is 2.33. The molecule has 0 N–H and O–H groups in total. The predicted octanol–water partition coefficient (Wildman–Crippen LogP) is 3.00. The molecule has 0 radical (unpaired) electrons. The van der Waals surface area contributed by atoms with Crippen LogP contribution in [0.1, 0.15) is 67.7 Å². The Morgan fingerprint density at radius 1 is 1.43 bits per heavy atom. The number of halogens is 1. The number of ether oxygens (including phenoxy) is 1. The van der Waals surface area contributed by atoms with Crippen molar-refractivity contribution in [3.63, 3.8) is 0 Å². The van der Waals surface area contributed by atoms with Gasteiger partial charge in [-0.1, -0.05) is 26.2 Å². The van der Waals surface area contributed by atoms with Crippen molar-refractivity contribution >= 4 is 16.8 Å². The largest absolute Gasteiger partial charge is 0.486 e. The lowest BCUT2D eigenvalue weighted by molar-refractivity contribution is 0.107. The van der Waals surface area contributed by atoms with Crippen LogP contribution in [0.5, 0.6) is 5.75 Å². The van der Waals surface area contributed by atoms with Crippen molar-refractivity contribution in [2.24, 2.45) is 7.05 Å². The second kappa shape index (κ2) is 7.07. The molecule has 1 aromatic rings. The van der Waals surface area contributed by atoms with Crippen LogP contribution in [0.25, 0.3) is 0 Å². The van der Waals surface area contributed by atoms with Crippen LogP contribution in [0.15, 0.2) is 4.79 Å². The van der Waals surface area contributed by atoms with E-state index < -0.39 is 5.24 Å². The molecule has 1 aliphatic carbocycles. The molecule has 2 rings (SSSR count). The van der Waals surface area contributed by atoms with Gasteiger partial charge in [0.15, 0.2) is 5.69 Å². The van der Waals surface area contributed by atoms with Crippen LogP contribution in [0.3, 0.4) is 0 Å². The fraction of sp³-hybridized carbons (Fsp3) is 0.667. The molecule has 0 saturated heterocycles. The number of nitrogens with zero attached hydrogens (tertiary/aromatic N) is 2. The Morgan fingerprint density at radius 2 is 2.10 bits per heavy atom. The molecular formula is C15H21ClN2O3. The van der Waals surface area contributed by atoms with E-state index in [1.807, 2.05) is 6.92 Å².